The molecule has 0 atom stereocenters. The standard InChI is InChI=1S/C14H12ClN3S/c1-9-7-11(15)14(10-3-2-4-17-13(9)10)18-8-12-16-5-6-19-12/h2-7,18H,8H2,1H3. The number of thiazole rings is 1. The van der Waals surface area contributed by atoms with E-state index in [1.807, 2.05) is 30.5 Å². The number of hydrogen-bond donors (Lipinski definition) is 1. The van der Waals surface area contributed by atoms with Gasteiger partial charge >= 0.3 is 0 Å². The number of fused-ring (bicyclic) bond motifs is 1. The summed E-state index contributed by atoms with van der Waals surface area (Å²) in [5.74, 6) is 0. The topological polar surface area (TPSA) is 37.8 Å². The first kappa shape index (κ1) is 12.4. The first-order valence-electron chi connectivity index (χ1n) is 5.92. The molecule has 19 heavy (non-hydrogen) atoms. The van der Waals surface area contributed by atoms with Gasteiger partial charge in [0.2, 0.25) is 0 Å². The van der Waals surface area contributed by atoms with Crippen LogP contribution in [0.5, 0.6) is 0 Å². The van der Waals surface area contributed by atoms with Crippen LogP contribution in [-0.2, 0) is 6.54 Å². The maximum atomic E-state index is 6.34. The molecule has 3 nitrogen and oxygen atoms in total. The fourth-order valence-corrected chi connectivity index (χ4v) is 2.95. The predicted octanol–water partition coefficient (Wildman–Crippen LogP) is 4.27. The van der Waals surface area contributed by atoms with Crippen LogP contribution in [0.4, 0.5) is 5.69 Å². The maximum Gasteiger partial charge on any atom is 0.112 e. The Labute approximate surface area is 120 Å². The Bertz CT molecular complexity index is 710. The molecular formula is C14H12ClN3S. The minimum Gasteiger partial charge on any atom is -0.377 e. The number of nitrogens with zero attached hydrogens (tertiary/aromatic N) is 2. The van der Waals surface area contributed by atoms with Crippen LogP contribution in [0.25, 0.3) is 10.9 Å². The van der Waals surface area contributed by atoms with Crippen LogP contribution in [0.3, 0.4) is 0 Å². The van der Waals surface area contributed by atoms with Crippen LogP contribution in [-0.4, -0.2) is 9.97 Å². The number of aromatic nitrogens is 2. The molecule has 96 valence electrons. The summed E-state index contributed by atoms with van der Waals surface area (Å²) in [4.78, 5) is 8.67. The quantitative estimate of drug-likeness (QED) is 0.782. The van der Waals surface area contributed by atoms with E-state index in [2.05, 4.69) is 15.3 Å². The number of pyridine rings is 1. The monoisotopic (exact) mass is 289 g/mol. The Hall–Kier alpha value is -1.65. The van der Waals surface area contributed by atoms with Gasteiger partial charge in [-0.25, -0.2) is 4.98 Å². The summed E-state index contributed by atoms with van der Waals surface area (Å²) in [5.41, 5.74) is 2.99. The molecule has 0 saturated heterocycles. The second-order valence-electron chi connectivity index (χ2n) is 4.23. The second-order valence-corrected chi connectivity index (χ2v) is 5.62. The average molecular weight is 290 g/mol. The molecule has 0 aliphatic rings. The lowest BCUT2D eigenvalue weighted by Gasteiger charge is -2.12. The summed E-state index contributed by atoms with van der Waals surface area (Å²) in [6.45, 7) is 2.69. The highest BCUT2D eigenvalue weighted by Gasteiger charge is 2.09. The molecule has 0 saturated carbocycles. The zero-order valence-corrected chi connectivity index (χ0v) is 11.9. The lowest BCUT2D eigenvalue weighted by Crippen LogP contribution is -2.01. The van der Waals surface area contributed by atoms with Crippen LogP contribution in [0.2, 0.25) is 5.02 Å². The van der Waals surface area contributed by atoms with Crippen LogP contribution in [0, 0.1) is 6.92 Å². The highest BCUT2D eigenvalue weighted by Crippen LogP contribution is 2.32. The first-order chi connectivity index (χ1) is 9.25. The van der Waals surface area contributed by atoms with Crippen molar-refractivity contribution >= 4 is 39.5 Å². The fraction of sp³-hybridized carbons (Fsp3) is 0.143. The maximum absolute atomic E-state index is 6.34. The molecule has 0 bridgehead atoms. The summed E-state index contributed by atoms with van der Waals surface area (Å²) in [5, 5.41) is 8.13. The van der Waals surface area contributed by atoms with Gasteiger partial charge in [-0.15, -0.1) is 11.3 Å². The van der Waals surface area contributed by atoms with Gasteiger partial charge in [0.25, 0.3) is 0 Å². The summed E-state index contributed by atoms with van der Waals surface area (Å²) in [6.07, 6.45) is 3.60. The lowest BCUT2D eigenvalue weighted by atomic mass is 10.1. The van der Waals surface area contributed by atoms with Crippen molar-refractivity contribution in [3.63, 3.8) is 0 Å². The van der Waals surface area contributed by atoms with Gasteiger partial charge in [0.1, 0.15) is 5.01 Å². The first-order valence-corrected chi connectivity index (χ1v) is 7.17. The van der Waals surface area contributed by atoms with E-state index in [1.54, 1.807) is 23.7 Å². The normalized spacial score (nSPS) is 10.8. The average Bonchev–Trinajstić information content (AvgIpc) is 2.92. The van der Waals surface area contributed by atoms with Crippen molar-refractivity contribution in [3.8, 4) is 0 Å². The molecule has 5 heteroatoms. The number of anilines is 1. The zero-order valence-electron chi connectivity index (χ0n) is 10.4. The van der Waals surface area contributed by atoms with Crippen molar-refractivity contribution in [2.75, 3.05) is 5.32 Å². The summed E-state index contributed by atoms with van der Waals surface area (Å²) in [6, 6.07) is 5.90. The van der Waals surface area contributed by atoms with Crippen molar-refractivity contribution < 1.29 is 0 Å². The third kappa shape index (κ3) is 2.41. The number of benzene rings is 1. The largest absolute Gasteiger partial charge is 0.377 e. The molecule has 1 aromatic carbocycles. The molecule has 0 aliphatic carbocycles. The van der Waals surface area contributed by atoms with E-state index in [4.69, 9.17) is 11.6 Å². The Morgan fingerprint density at radius 3 is 3.00 bits per heavy atom. The minimum absolute atomic E-state index is 0.671. The molecule has 0 amide bonds. The molecule has 3 rings (SSSR count). The van der Waals surface area contributed by atoms with Crippen molar-refractivity contribution in [1.82, 2.24) is 9.97 Å². The molecule has 2 aromatic heterocycles. The van der Waals surface area contributed by atoms with E-state index in [-0.39, 0.29) is 0 Å². The van der Waals surface area contributed by atoms with Crippen LogP contribution in [0.15, 0.2) is 36.0 Å². The Balaban J connectivity index is 2.02. The molecule has 0 unspecified atom stereocenters. The van der Waals surface area contributed by atoms with Gasteiger partial charge < -0.3 is 5.32 Å². The highest BCUT2D eigenvalue weighted by atomic mass is 35.5. The van der Waals surface area contributed by atoms with Gasteiger partial charge in [0.05, 0.1) is 22.8 Å². The number of hydrogen-bond acceptors (Lipinski definition) is 4. The Morgan fingerprint density at radius 1 is 1.32 bits per heavy atom. The van der Waals surface area contributed by atoms with Gasteiger partial charge in [-0.1, -0.05) is 11.6 Å². The van der Waals surface area contributed by atoms with E-state index in [1.165, 1.54) is 0 Å². The zero-order chi connectivity index (χ0) is 13.2. The smallest absolute Gasteiger partial charge is 0.112 e. The second kappa shape index (κ2) is 5.15. The number of halogens is 1. The van der Waals surface area contributed by atoms with Crippen LogP contribution in [0.1, 0.15) is 10.6 Å². The van der Waals surface area contributed by atoms with E-state index >= 15 is 0 Å². The van der Waals surface area contributed by atoms with Crippen molar-refractivity contribution in [2.24, 2.45) is 0 Å². The third-order valence-corrected chi connectivity index (χ3v) is 4.01. The molecule has 3 aromatic rings. The van der Waals surface area contributed by atoms with Gasteiger partial charge in [0, 0.05) is 23.2 Å². The lowest BCUT2D eigenvalue weighted by molar-refractivity contribution is 1.11. The van der Waals surface area contributed by atoms with Gasteiger partial charge in [0.15, 0.2) is 0 Å². The van der Waals surface area contributed by atoms with Crippen molar-refractivity contribution in [2.45, 2.75) is 13.5 Å². The third-order valence-electron chi connectivity index (χ3n) is 2.93. The SMILES string of the molecule is Cc1cc(Cl)c(NCc2nccs2)c2cccnc12. The molecule has 0 radical (unpaired) electrons. The van der Waals surface area contributed by atoms with Crippen molar-refractivity contribution in [3.05, 3.63) is 51.6 Å². The summed E-state index contributed by atoms with van der Waals surface area (Å²) in [7, 11) is 0. The summed E-state index contributed by atoms with van der Waals surface area (Å²) >= 11 is 7.97. The van der Waals surface area contributed by atoms with Crippen LogP contribution < -0.4 is 5.32 Å². The predicted molar refractivity (Wildman–Crippen MR) is 80.9 cm³/mol. The van der Waals surface area contributed by atoms with E-state index in [9.17, 15) is 0 Å². The molecule has 0 spiro atoms. The molecular weight excluding hydrogens is 278 g/mol. The van der Waals surface area contributed by atoms with Gasteiger partial charge in [-0.05, 0) is 30.7 Å². The Morgan fingerprint density at radius 2 is 2.21 bits per heavy atom. The fourth-order valence-electron chi connectivity index (χ4n) is 2.06. The highest BCUT2D eigenvalue weighted by molar-refractivity contribution is 7.09. The number of aryl methyl sites for hydroxylation is 1. The number of rotatable bonds is 3. The Kier molecular flexibility index (Phi) is 3.36. The molecule has 1 N–H and O–H groups in total. The van der Waals surface area contributed by atoms with Crippen LogP contribution >= 0.6 is 22.9 Å². The molecule has 2 heterocycles. The van der Waals surface area contributed by atoms with E-state index in [0.717, 1.165) is 32.2 Å². The summed E-state index contributed by atoms with van der Waals surface area (Å²) < 4.78 is 0. The minimum atomic E-state index is 0.671. The van der Waals surface area contributed by atoms with Crippen molar-refractivity contribution in [1.29, 1.82) is 0 Å². The van der Waals surface area contributed by atoms with Gasteiger partial charge in [-0.2, -0.15) is 0 Å². The number of nitrogens with one attached hydrogen (secondary N) is 1. The van der Waals surface area contributed by atoms with Gasteiger partial charge in [-0.3, -0.25) is 4.98 Å². The molecule has 0 aliphatic heterocycles. The molecule has 0 fully saturated rings. The van der Waals surface area contributed by atoms with E-state index < -0.39 is 0 Å². The van der Waals surface area contributed by atoms with E-state index in [0.29, 0.717) is 6.54 Å².